The lowest BCUT2D eigenvalue weighted by molar-refractivity contribution is -0.112. The topological polar surface area (TPSA) is 89.8 Å². The maximum absolute atomic E-state index is 12.8. The number of carbonyl (C=O) groups is 1. The molecule has 0 spiro atoms. The molecule has 7 nitrogen and oxygen atoms in total. The van der Waals surface area contributed by atoms with E-state index in [1.165, 1.54) is 11.6 Å². The van der Waals surface area contributed by atoms with Crippen LogP contribution in [0.2, 0.25) is 0 Å². The van der Waals surface area contributed by atoms with Crippen LogP contribution in [0, 0.1) is 11.3 Å². The van der Waals surface area contributed by atoms with Gasteiger partial charge >= 0.3 is 0 Å². The monoisotopic (exact) mass is 484 g/mol. The molecule has 36 heavy (non-hydrogen) atoms. The van der Waals surface area contributed by atoms with Crippen LogP contribution in [0.1, 0.15) is 36.5 Å². The van der Waals surface area contributed by atoms with Crippen LogP contribution < -0.4 is 24.3 Å². The van der Waals surface area contributed by atoms with Crippen LogP contribution in [0.25, 0.3) is 6.08 Å². The number of hydrogen-bond donors (Lipinski definition) is 1. The van der Waals surface area contributed by atoms with Crippen LogP contribution in [0.3, 0.4) is 0 Å². The van der Waals surface area contributed by atoms with Gasteiger partial charge in [-0.25, -0.2) is 0 Å². The molecular weight excluding hydrogens is 456 g/mol. The fourth-order valence-corrected chi connectivity index (χ4v) is 3.75. The van der Waals surface area contributed by atoms with Crippen molar-refractivity contribution in [1.82, 2.24) is 0 Å². The van der Waals surface area contributed by atoms with Gasteiger partial charge in [-0.15, -0.1) is 0 Å². The summed E-state index contributed by atoms with van der Waals surface area (Å²) in [6.45, 7) is 5.49. The van der Waals surface area contributed by atoms with Crippen molar-refractivity contribution in [1.29, 1.82) is 5.26 Å². The van der Waals surface area contributed by atoms with Crippen molar-refractivity contribution in [2.75, 3.05) is 25.6 Å². The maximum atomic E-state index is 12.8. The quantitative estimate of drug-likeness (QED) is 0.325. The third-order valence-electron chi connectivity index (χ3n) is 5.72. The van der Waals surface area contributed by atoms with Gasteiger partial charge in [0.15, 0.2) is 11.5 Å². The molecule has 0 aliphatic carbocycles. The summed E-state index contributed by atoms with van der Waals surface area (Å²) >= 11 is 0. The number of benzene rings is 3. The minimum atomic E-state index is -0.520. The predicted octanol–water partition coefficient (Wildman–Crippen LogP) is 5.71. The summed E-state index contributed by atoms with van der Waals surface area (Å²) in [6.07, 6.45) is 1.54. The number of nitriles is 1. The van der Waals surface area contributed by atoms with Crippen molar-refractivity contribution in [3.05, 3.63) is 82.9 Å². The number of fused-ring (bicyclic) bond motifs is 1. The Balaban J connectivity index is 1.48. The van der Waals surface area contributed by atoms with Crippen LogP contribution in [0.4, 0.5) is 5.69 Å². The Morgan fingerprint density at radius 2 is 1.81 bits per heavy atom. The highest BCUT2D eigenvalue weighted by Crippen LogP contribution is 2.33. The Morgan fingerprint density at radius 3 is 2.50 bits per heavy atom. The number of hydrogen-bond acceptors (Lipinski definition) is 6. The molecule has 3 aromatic rings. The number of anilines is 1. The minimum Gasteiger partial charge on any atom is -0.496 e. The number of nitrogens with one attached hydrogen (secondary N) is 1. The van der Waals surface area contributed by atoms with Crippen molar-refractivity contribution in [2.24, 2.45) is 0 Å². The molecule has 1 N–H and O–H groups in total. The molecule has 1 heterocycles. The molecule has 0 aromatic heterocycles. The number of rotatable bonds is 8. The summed E-state index contributed by atoms with van der Waals surface area (Å²) in [7, 11) is 1.59. The van der Waals surface area contributed by atoms with Crippen LogP contribution in [-0.2, 0) is 11.4 Å². The SMILES string of the molecule is COc1ccc(/C=C(\C#N)C(=O)Nc2ccc3c(c2)OCCO3)cc1COc1ccc(C(C)C)cc1. The van der Waals surface area contributed by atoms with Gasteiger partial charge in [0.05, 0.1) is 7.11 Å². The largest absolute Gasteiger partial charge is 0.496 e. The highest BCUT2D eigenvalue weighted by Gasteiger charge is 2.15. The van der Waals surface area contributed by atoms with E-state index in [-0.39, 0.29) is 12.2 Å². The van der Waals surface area contributed by atoms with Crippen LogP contribution in [0.15, 0.2) is 66.2 Å². The van der Waals surface area contributed by atoms with E-state index in [0.29, 0.717) is 47.6 Å². The Labute approximate surface area is 210 Å². The summed E-state index contributed by atoms with van der Waals surface area (Å²) in [5.74, 6) is 2.51. The molecule has 7 heteroatoms. The van der Waals surface area contributed by atoms with Gasteiger partial charge in [0, 0.05) is 17.3 Å². The number of amides is 1. The predicted molar refractivity (Wildman–Crippen MR) is 138 cm³/mol. The Bertz CT molecular complexity index is 1310. The lowest BCUT2D eigenvalue weighted by Gasteiger charge is -2.18. The van der Waals surface area contributed by atoms with Gasteiger partial charge in [0.1, 0.15) is 43.0 Å². The van der Waals surface area contributed by atoms with Crippen molar-refractivity contribution < 1.29 is 23.7 Å². The Morgan fingerprint density at radius 1 is 1.06 bits per heavy atom. The second-order valence-corrected chi connectivity index (χ2v) is 8.57. The van der Waals surface area contributed by atoms with Gasteiger partial charge in [-0.2, -0.15) is 5.26 Å². The van der Waals surface area contributed by atoms with Crippen molar-refractivity contribution in [3.63, 3.8) is 0 Å². The highest BCUT2D eigenvalue weighted by molar-refractivity contribution is 6.09. The van der Waals surface area contributed by atoms with E-state index in [4.69, 9.17) is 18.9 Å². The third-order valence-corrected chi connectivity index (χ3v) is 5.72. The average molecular weight is 485 g/mol. The summed E-state index contributed by atoms with van der Waals surface area (Å²) in [4.78, 5) is 12.8. The molecule has 3 aromatic carbocycles. The van der Waals surface area contributed by atoms with E-state index in [2.05, 4.69) is 31.3 Å². The van der Waals surface area contributed by atoms with Crippen LogP contribution >= 0.6 is 0 Å². The molecule has 4 rings (SSSR count). The highest BCUT2D eigenvalue weighted by atomic mass is 16.6. The molecule has 0 fully saturated rings. The smallest absolute Gasteiger partial charge is 0.266 e. The van der Waals surface area contributed by atoms with E-state index in [0.717, 1.165) is 11.3 Å². The number of carbonyl (C=O) groups excluding carboxylic acids is 1. The summed E-state index contributed by atoms with van der Waals surface area (Å²) in [6, 6.07) is 20.5. The molecule has 0 atom stereocenters. The summed E-state index contributed by atoms with van der Waals surface area (Å²) in [5.41, 5.74) is 3.19. The first-order valence-corrected chi connectivity index (χ1v) is 11.7. The van der Waals surface area contributed by atoms with Crippen LogP contribution in [-0.4, -0.2) is 26.2 Å². The lowest BCUT2D eigenvalue weighted by Crippen LogP contribution is -2.17. The molecule has 184 valence electrons. The second-order valence-electron chi connectivity index (χ2n) is 8.57. The van der Waals surface area contributed by atoms with Gasteiger partial charge in [-0.1, -0.05) is 32.0 Å². The zero-order valence-corrected chi connectivity index (χ0v) is 20.5. The number of methoxy groups -OCH3 is 1. The Kier molecular flexibility index (Phi) is 7.76. The standard InChI is InChI=1S/C29H28N2O5/c1-19(2)21-5-8-25(9-6-21)36-18-23-15-20(4-10-26(23)33-3)14-22(17-30)29(32)31-24-7-11-27-28(16-24)35-13-12-34-27/h4-11,14-16,19H,12-13,18H2,1-3H3,(H,31,32)/b22-14+. The lowest BCUT2D eigenvalue weighted by atomic mass is 10.0. The van der Waals surface area contributed by atoms with Crippen molar-refractivity contribution in [2.45, 2.75) is 26.4 Å². The second kappa shape index (κ2) is 11.3. The molecule has 0 bridgehead atoms. The van der Waals surface area contributed by atoms with E-state index >= 15 is 0 Å². The maximum Gasteiger partial charge on any atom is 0.266 e. The average Bonchev–Trinajstić information content (AvgIpc) is 2.90. The van der Waals surface area contributed by atoms with E-state index < -0.39 is 5.91 Å². The van der Waals surface area contributed by atoms with Crippen molar-refractivity contribution in [3.8, 4) is 29.1 Å². The van der Waals surface area contributed by atoms with E-state index in [1.54, 1.807) is 37.4 Å². The summed E-state index contributed by atoms with van der Waals surface area (Å²) < 4.78 is 22.5. The molecule has 0 saturated carbocycles. The van der Waals surface area contributed by atoms with E-state index in [9.17, 15) is 10.1 Å². The third kappa shape index (κ3) is 5.97. The molecule has 1 aliphatic heterocycles. The molecule has 1 aliphatic rings. The fraction of sp³-hybridized carbons (Fsp3) is 0.241. The zero-order chi connectivity index (χ0) is 25.5. The molecule has 1 amide bonds. The van der Waals surface area contributed by atoms with Gasteiger partial charge in [0.2, 0.25) is 0 Å². The molecular formula is C29H28N2O5. The van der Waals surface area contributed by atoms with Crippen LogP contribution in [0.5, 0.6) is 23.0 Å². The van der Waals surface area contributed by atoms with Gasteiger partial charge in [-0.05, 0) is 59.5 Å². The van der Waals surface area contributed by atoms with E-state index in [1.807, 2.05) is 24.3 Å². The zero-order valence-electron chi connectivity index (χ0n) is 20.5. The first-order valence-electron chi connectivity index (χ1n) is 11.7. The fourth-order valence-electron chi connectivity index (χ4n) is 3.75. The first kappa shape index (κ1) is 24.7. The normalized spacial score (nSPS) is 12.6. The van der Waals surface area contributed by atoms with Gasteiger partial charge in [0.25, 0.3) is 5.91 Å². The van der Waals surface area contributed by atoms with Crippen molar-refractivity contribution >= 4 is 17.7 Å². The van der Waals surface area contributed by atoms with Gasteiger partial charge < -0.3 is 24.3 Å². The number of ether oxygens (including phenoxy) is 4. The molecule has 0 radical (unpaired) electrons. The molecule has 0 saturated heterocycles. The summed E-state index contributed by atoms with van der Waals surface area (Å²) in [5, 5.41) is 12.4. The molecule has 0 unspecified atom stereocenters. The minimum absolute atomic E-state index is 0.0359. The van der Waals surface area contributed by atoms with Gasteiger partial charge in [-0.3, -0.25) is 4.79 Å². The number of nitrogens with zero attached hydrogens (tertiary/aromatic N) is 1. The Hall–Kier alpha value is -4.44. The first-order chi connectivity index (χ1) is 17.5.